The van der Waals surface area contributed by atoms with Crippen molar-refractivity contribution in [3.8, 4) is 0 Å². The van der Waals surface area contributed by atoms with Gasteiger partial charge in [-0.2, -0.15) is 0 Å². The van der Waals surface area contributed by atoms with Gasteiger partial charge in [-0.1, -0.05) is 0 Å². The fourth-order valence-electron chi connectivity index (χ4n) is 2.99. The number of hydrogen-bond acceptors (Lipinski definition) is 3. The molecule has 1 saturated carbocycles. The molecule has 1 fully saturated rings. The number of benzene rings is 1. The SMILES string of the molecule is CC(C)N(C)c1ccc(NC(=O)NC2CCC(CO)CC2)cc1F. The van der Waals surface area contributed by atoms with E-state index in [1.165, 1.54) is 6.07 Å². The van der Waals surface area contributed by atoms with E-state index in [9.17, 15) is 9.18 Å². The first-order valence-corrected chi connectivity index (χ1v) is 8.61. The van der Waals surface area contributed by atoms with Crippen molar-refractivity contribution in [1.82, 2.24) is 5.32 Å². The molecule has 0 aromatic heterocycles. The summed E-state index contributed by atoms with van der Waals surface area (Å²) in [5.74, 6) is -0.00171. The van der Waals surface area contributed by atoms with Crippen molar-refractivity contribution < 1.29 is 14.3 Å². The van der Waals surface area contributed by atoms with E-state index < -0.39 is 0 Å². The summed E-state index contributed by atoms with van der Waals surface area (Å²) in [6.07, 6.45) is 3.58. The van der Waals surface area contributed by atoms with Gasteiger partial charge < -0.3 is 20.6 Å². The van der Waals surface area contributed by atoms with E-state index in [2.05, 4.69) is 10.6 Å². The number of carbonyl (C=O) groups excluding carboxylic acids is 1. The van der Waals surface area contributed by atoms with E-state index in [1.807, 2.05) is 25.8 Å². The Balaban J connectivity index is 1.89. The highest BCUT2D eigenvalue weighted by Gasteiger charge is 2.22. The molecule has 1 aliphatic carbocycles. The lowest BCUT2D eigenvalue weighted by Crippen LogP contribution is -2.40. The Hall–Kier alpha value is -1.82. The molecule has 0 heterocycles. The first-order chi connectivity index (χ1) is 11.4. The van der Waals surface area contributed by atoms with Gasteiger partial charge in [0, 0.05) is 31.4 Å². The van der Waals surface area contributed by atoms with E-state index in [0.717, 1.165) is 25.7 Å². The number of nitrogens with zero attached hydrogens (tertiary/aromatic N) is 1. The first-order valence-electron chi connectivity index (χ1n) is 8.61. The predicted octanol–water partition coefficient (Wildman–Crippen LogP) is 3.34. The van der Waals surface area contributed by atoms with Crippen molar-refractivity contribution >= 4 is 17.4 Å². The molecule has 1 aliphatic rings. The molecule has 0 radical (unpaired) electrons. The van der Waals surface area contributed by atoms with Crippen LogP contribution in [0.1, 0.15) is 39.5 Å². The molecule has 0 bridgehead atoms. The standard InChI is InChI=1S/C18H28FN3O2/c1-12(2)22(3)17-9-8-15(10-16(17)19)21-18(24)20-14-6-4-13(11-23)5-7-14/h8-10,12-14,23H,4-7,11H2,1-3H3,(H2,20,21,24). The Morgan fingerprint density at radius 2 is 2.00 bits per heavy atom. The molecule has 2 rings (SSSR count). The number of anilines is 2. The van der Waals surface area contributed by atoms with E-state index >= 15 is 0 Å². The average molecular weight is 337 g/mol. The van der Waals surface area contributed by atoms with Crippen LogP contribution in [0, 0.1) is 11.7 Å². The van der Waals surface area contributed by atoms with Crippen LogP contribution in [0.25, 0.3) is 0 Å². The Labute approximate surface area is 143 Å². The molecule has 3 N–H and O–H groups in total. The monoisotopic (exact) mass is 337 g/mol. The van der Waals surface area contributed by atoms with Gasteiger partial charge in [-0.3, -0.25) is 0 Å². The molecular weight excluding hydrogens is 309 g/mol. The number of aliphatic hydroxyl groups is 1. The molecule has 5 nitrogen and oxygen atoms in total. The predicted molar refractivity (Wildman–Crippen MR) is 94.9 cm³/mol. The molecular formula is C18H28FN3O2. The van der Waals surface area contributed by atoms with E-state index in [-0.39, 0.29) is 30.5 Å². The maximum atomic E-state index is 14.2. The van der Waals surface area contributed by atoms with Gasteiger partial charge in [0.25, 0.3) is 0 Å². The molecule has 0 aliphatic heterocycles. The fraction of sp³-hybridized carbons (Fsp3) is 0.611. The van der Waals surface area contributed by atoms with Gasteiger partial charge >= 0.3 is 6.03 Å². The molecule has 24 heavy (non-hydrogen) atoms. The minimum Gasteiger partial charge on any atom is -0.396 e. The first kappa shape index (κ1) is 18.5. The van der Waals surface area contributed by atoms with Gasteiger partial charge in [0.15, 0.2) is 0 Å². The second-order valence-corrected chi connectivity index (χ2v) is 6.87. The Kier molecular flexibility index (Phi) is 6.43. The van der Waals surface area contributed by atoms with Crippen LogP contribution >= 0.6 is 0 Å². The van der Waals surface area contributed by atoms with Gasteiger partial charge in [0.1, 0.15) is 5.82 Å². The number of halogens is 1. The molecule has 1 aromatic carbocycles. The summed E-state index contributed by atoms with van der Waals surface area (Å²) in [4.78, 5) is 13.9. The number of hydrogen-bond donors (Lipinski definition) is 3. The van der Waals surface area contributed by atoms with Crippen LogP contribution in [0.15, 0.2) is 18.2 Å². The van der Waals surface area contributed by atoms with Crippen molar-refractivity contribution in [3.05, 3.63) is 24.0 Å². The summed E-state index contributed by atoms with van der Waals surface area (Å²) in [6.45, 7) is 4.20. The highest BCUT2D eigenvalue weighted by Crippen LogP contribution is 2.25. The molecule has 6 heteroatoms. The molecule has 0 atom stereocenters. The highest BCUT2D eigenvalue weighted by atomic mass is 19.1. The summed E-state index contributed by atoms with van der Waals surface area (Å²) in [5.41, 5.74) is 0.952. The van der Waals surface area contributed by atoms with Gasteiger partial charge in [-0.25, -0.2) is 9.18 Å². The third kappa shape index (κ3) is 4.84. The number of nitrogens with one attached hydrogen (secondary N) is 2. The Morgan fingerprint density at radius 3 is 2.54 bits per heavy atom. The molecule has 2 amide bonds. The van der Waals surface area contributed by atoms with Crippen LogP contribution in [0.5, 0.6) is 0 Å². The van der Waals surface area contributed by atoms with Crippen molar-refractivity contribution in [2.24, 2.45) is 5.92 Å². The lowest BCUT2D eigenvalue weighted by atomic mass is 9.87. The summed E-state index contributed by atoms with van der Waals surface area (Å²) in [7, 11) is 1.84. The van der Waals surface area contributed by atoms with Crippen molar-refractivity contribution in [3.63, 3.8) is 0 Å². The zero-order chi connectivity index (χ0) is 17.7. The summed E-state index contributed by atoms with van der Waals surface area (Å²) >= 11 is 0. The smallest absolute Gasteiger partial charge is 0.319 e. The molecule has 0 spiro atoms. The Bertz CT molecular complexity index is 557. The van der Waals surface area contributed by atoms with Crippen molar-refractivity contribution in [1.29, 1.82) is 0 Å². The van der Waals surface area contributed by atoms with Crippen LogP contribution < -0.4 is 15.5 Å². The quantitative estimate of drug-likeness (QED) is 0.772. The fourth-order valence-corrected chi connectivity index (χ4v) is 2.99. The van der Waals surface area contributed by atoms with Crippen LogP contribution in [0.2, 0.25) is 0 Å². The molecule has 0 saturated heterocycles. The molecule has 0 unspecified atom stereocenters. The summed E-state index contributed by atoms with van der Waals surface area (Å²) in [6, 6.07) is 4.72. The maximum absolute atomic E-state index is 14.2. The molecule has 134 valence electrons. The zero-order valence-electron chi connectivity index (χ0n) is 14.7. The minimum atomic E-state index is -0.354. The zero-order valence-corrected chi connectivity index (χ0v) is 14.7. The number of amides is 2. The summed E-state index contributed by atoms with van der Waals surface area (Å²) in [5, 5.41) is 14.8. The van der Waals surface area contributed by atoms with Crippen LogP contribution in [-0.4, -0.2) is 36.9 Å². The minimum absolute atomic E-state index is 0.115. The average Bonchev–Trinajstić information content (AvgIpc) is 2.55. The highest BCUT2D eigenvalue weighted by molar-refractivity contribution is 5.89. The van der Waals surface area contributed by atoms with E-state index in [1.54, 1.807) is 12.1 Å². The number of aliphatic hydroxyl groups excluding tert-OH is 1. The van der Waals surface area contributed by atoms with Gasteiger partial charge in [-0.15, -0.1) is 0 Å². The van der Waals surface area contributed by atoms with Gasteiger partial charge in [0.2, 0.25) is 0 Å². The lowest BCUT2D eigenvalue weighted by Gasteiger charge is -2.28. The Morgan fingerprint density at radius 1 is 1.33 bits per heavy atom. The maximum Gasteiger partial charge on any atom is 0.319 e. The van der Waals surface area contributed by atoms with E-state index in [4.69, 9.17) is 5.11 Å². The number of urea groups is 1. The third-order valence-electron chi connectivity index (χ3n) is 4.80. The van der Waals surface area contributed by atoms with Crippen molar-refractivity contribution in [2.45, 2.75) is 51.6 Å². The third-order valence-corrected chi connectivity index (χ3v) is 4.80. The number of carbonyl (C=O) groups is 1. The second-order valence-electron chi connectivity index (χ2n) is 6.87. The second kappa shape index (κ2) is 8.33. The number of rotatable bonds is 5. The van der Waals surface area contributed by atoms with Gasteiger partial charge in [-0.05, 0) is 63.6 Å². The van der Waals surface area contributed by atoms with Crippen LogP contribution in [0.3, 0.4) is 0 Å². The largest absolute Gasteiger partial charge is 0.396 e. The van der Waals surface area contributed by atoms with Gasteiger partial charge in [0.05, 0.1) is 5.69 Å². The topological polar surface area (TPSA) is 64.6 Å². The van der Waals surface area contributed by atoms with Crippen LogP contribution in [-0.2, 0) is 0 Å². The lowest BCUT2D eigenvalue weighted by molar-refractivity contribution is 0.176. The summed E-state index contributed by atoms with van der Waals surface area (Å²) < 4.78 is 14.2. The normalized spacial score (nSPS) is 20.8. The molecule has 1 aromatic rings. The van der Waals surface area contributed by atoms with Crippen LogP contribution in [0.4, 0.5) is 20.6 Å². The van der Waals surface area contributed by atoms with Crippen molar-refractivity contribution in [2.75, 3.05) is 23.9 Å². The van der Waals surface area contributed by atoms with E-state index in [0.29, 0.717) is 17.3 Å².